The summed E-state index contributed by atoms with van der Waals surface area (Å²) in [7, 11) is 0. The van der Waals surface area contributed by atoms with Gasteiger partial charge >= 0.3 is 11.8 Å². The summed E-state index contributed by atoms with van der Waals surface area (Å²) in [5.74, 6) is -1.17. The zero-order chi connectivity index (χ0) is 15.9. The van der Waals surface area contributed by atoms with Gasteiger partial charge in [-0.2, -0.15) is 0 Å². The minimum atomic E-state index is -0.606. The number of aryl methyl sites for hydroxylation is 1. The van der Waals surface area contributed by atoms with Crippen LogP contribution in [0.15, 0.2) is 24.3 Å². The summed E-state index contributed by atoms with van der Waals surface area (Å²) in [5.41, 5.74) is 1.84. The number of rotatable bonds is 5. The fraction of sp³-hybridized carbons (Fsp3) is 0.529. The molecule has 0 aromatic heterocycles. The Hall–Kier alpha value is -1.88. The summed E-state index contributed by atoms with van der Waals surface area (Å²) >= 11 is 0. The predicted molar refractivity (Wildman–Crippen MR) is 87.7 cm³/mol. The highest BCUT2D eigenvalue weighted by Gasteiger charge is 2.24. The van der Waals surface area contributed by atoms with Gasteiger partial charge in [-0.3, -0.25) is 14.5 Å². The normalized spacial score (nSPS) is 18.2. The van der Waals surface area contributed by atoms with E-state index in [1.54, 1.807) is 0 Å². The topological polar surface area (TPSA) is 61.4 Å². The highest BCUT2D eigenvalue weighted by Crippen LogP contribution is 2.15. The molecule has 0 unspecified atom stereocenters. The van der Waals surface area contributed by atoms with Crippen LogP contribution in [0.3, 0.4) is 0 Å². The Morgan fingerprint density at radius 2 is 1.91 bits per heavy atom. The van der Waals surface area contributed by atoms with E-state index in [4.69, 9.17) is 0 Å². The van der Waals surface area contributed by atoms with Gasteiger partial charge in [0.05, 0.1) is 0 Å². The van der Waals surface area contributed by atoms with E-state index in [9.17, 15) is 9.59 Å². The molecule has 5 heteroatoms. The number of likely N-dealkylation sites (N-methyl/N-ethyl adjacent to an activating group) is 1. The first-order valence-corrected chi connectivity index (χ1v) is 8.06. The van der Waals surface area contributed by atoms with E-state index in [1.165, 1.54) is 5.56 Å². The van der Waals surface area contributed by atoms with Crippen molar-refractivity contribution in [3.8, 4) is 0 Å². The highest BCUT2D eigenvalue weighted by atomic mass is 16.2. The molecule has 0 radical (unpaired) electrons. The highest BCUT2D eigenvalue weighted by molar-refractivity contribution is 6.39. The van der Waals surface area contributed by atoms with Crippen molar-refractivity contribution in [2.45, 2.75) is 39.2 Å². The number of nitrogens with one attached hydrogen (secondary N) is 2. The van der Waals surface area contributed by atoms with Crippen LogP contribution in [-0.2, 0) is 16.0 Å². The lowest BCUT2D eigenvalue weighted by atomic mass is 10.1. The molecule has 0 bridgehead atoms. The summed E-state index contributed by atoms with van der Waals surface area (Å²) in [6, 6.07) is 7.89. The van der Waals surface area contributed by atoms with E-state index >= 15 is 0 Å². The zero-order valence-corrected chi connectivity index (χ0v) is 13.4. The van der Waals surface area contributed by atoms with E-state index in [2.05, 4.69) is 29.4 Å². The first-order valence-electron chi connectivity index (χ1n) is 8.06. The molecule has 1 fully saturated rings. The number of nitrogens with zero attached hydrogens (tertiary/aromatic N) is 1. The Labute approximate surface area is 132 Å². The van der Waals surface area contributed by atoms with Crippen LogP contribution in [0.5, 0.6) is 0 Å². The maximum Gasteiger partial charge on any atom is 0.313 e. The molecular weight excluding hydrogens is 278 g/mol. The minimum absolute atomic E-state index is 0.352. The molecule has 1 atom stereocenters. The van der Waals surface area contributed by atoms with Gasteiger partial charge in [0.1, 0.15) is 0 Å². The summed E-state index contributed by atoms with van der Waals surface area (Å²) in [6.07, 6.45) is 3.18. The average molecular weight is 303 g/mol. The van der Waals surface area contributed by atoms with Crippen LogP contribution in [0.2, 0.25) is 0 Å². The third-order valence-corrected chi connectivity index (χ3v) is 4.23. The molecule has 5 nitrogen and oxygen atoms in total. The molecule has 1 aliphatic rings. The predicted octanol–water partition coefficient (Wildman–Crippen LogP) is 1.79. The van der Waals surface area contributed by atoms with Crippen LogP contribution in [-0.4, -0.2) is 42.4 Å². The van der Waals surface area contributed by atoms with E-state index in [0.29, 0.717) is 18.3 Å². The van der Waals surface area contributed by atoms with Gasteiger partial charge in [0, 0.05) is 18.3 Å². The van der Waals surface area contributed by atoms with Crippen LogP contribution in [0.1, 0.15) is 32.3 Å². The lowest BCUT2D eigenvalue weighted by molar-refractivity contribution is -0.136. The molecule has 0 aliphatic carbocycles. The van der Waals surface area contributed by atoms with Crippen molar-refractivity contribution in [3.63, 3.8) is 0 Å². The lowest BCUT2D eigenvalue weighted by Crippen LogP contribution is -2.43. The van der Waals surface area contributed by atoms with E-state index in [0.717, 1.165) is 32.4 Å². The van der Waals surface area contributed by atoms with Gasteiger partial charge in [-0.25, -0.2) is 0 Å². The molecule has 22 heavy (non-hydrogen) atoms. The van der Waals surface area contributed by atoms with Crippen molar-refractivity contribution in [2.75, 3.05) is 25.0 Å². The molecule has 1 saturated heterocycles. The minimum Gasteiger partial charge on any atom is -0.346 e. The summed E-state index contributed by atoms with van der Waals surface area (Å²) in [5, 5.41) is 5.37. The van der Waals surface area contributed by atoms with E-state index < -0.39 is 11.8 Å². The fourth-order valence-corrected chi connectivity index (χ4v) is 2.85. The maximum absolute atomic E-state index is 11.9. The molecule has 120 valence electrons. The SMILES string of the molecule is CCc1ccc(NC(=O)C(=O)NC[C@H]2CCCN2CC)cc1. The molecule has 1 aromatic carbocycles. The fourth-order valence-electron chi connectivity index (χ4n) is 2.85. The largest absolute Gasteiger partial charge is 0.346 e. The number of carbonyl (C=O) groups is 2. The number of likely N-dealkylation sites (tertiary alicyclic amines) is 1. The van der Waals surface area contributed by atoms with Crippen molar-refractivity contribution < 1.29 is 9.59 Å². The number of benzene rings is 1. The second-order valence-corrected chi connectivity index (χ2v) is 5.64. The van der Waals surface area contributed by atoms with Crippen LogP contribution in [0.25, 0.3) is 0 Å². The Balaban J connectivity index is 1.80. The van der Waals surface area contributed by atoms with Crippen LogP contribution < -0.4 is 10.6 Å². The Morgan fingerprint density at radius 1 is 1.18 bits per heavy atom. The number of hydrogen-bond donors (Lipinski definition) is 2. The van der Waals surface area contributed by atoms with Crippen molar-refractivity contribution in [2.24, 2.45) is 0 Å². The smallest absolute Gasteiger partial charge is 0.313 e. The summed E-state index contributed by atoms with van der Waals surface area (Å²) in [6.45, 7) is 6.79. The van der Waals surface area contributed by atoms with Gasteiger partial charge in [0.25, 0.3) is 0 Å². The number of amides is 2. The molecule has 2 amide bonds. The molecule has 1 aromatic rings. The standard InChI is InChI=1S/C17H25N3O2/c1-3-13-7-9-14(10-8-13)19-17(22)16(21)18-12-15-6-5-11-20(15)4-2/h7-10,15H,3-6,11-12H2,1-2H3,(H,18,21)(H,19,22)/t15-/m1/s1. The van der Waals surface area contributed by atoms with Gasteiger partial charge in [-0.15, -0.1) is 0 Å². The Bertz CT molecular complexity index is 513. The van der Waals surface area contributed by atoms with Crippen LogP contribution >= 0.6 is 0 Å². The van der Waals surface area contributed by atoms with E-state index in [1.807, 2.05) is 24.3 Å². The third kappa shape index (κ3) is 4.31. The molecule has 0 saturated carbocycles. The molecule has 1 heterocycles. The summed E-state index contributed by atoms with van der Waals surface area (Å²) in [4.78, 5) is 26.1. The van der Waals surface area contributed by atoms with Gasteiger partial charge in [0.15, 0.2) is 0 Å². The third-order valence-electron chi connectivity index (χ3n) is 4.23. The second-order valence-electron chi connectivity index (χ2n) is 5.64. The summed E-state index contributed by atoms with van der Waals surface area (Å²) < 4.78 is 0. The van der Waals surface area contributed by atoms with Crippen LogP contribution in [0, 0.1) is 0 Å². The quantitative estimate of drug-likeness (QED) is 0.815. The van der Waals surface area contributed by atoms with Gasteiger partial charge < -0.3 is 10.6 Å². The van der Waals surface area contributed by atoms with E-state index in [-0.39, 0.29) is 0 Å². The maximum atomic E-state index is 11.9. The number of hydrogen-bond acceptors (Lipinski definition) is 3. The molecule has 0 spiro atoms. The first-order chi connectivity index (χ1) is 10.6. The Morgan fingerprint density at radius 3 is 2.55 bits per heavy atom. The Kier molecular flexibility index (Phi) is 5.95. The van der Waals surface area contributed by atoms with Crippen molar-refractivity contribution >= 4 is 17.5 Å². The van der Waals surface area contributed by atoms with Gasteiger partial charge in [-0.1, -0.05) is 26.0 Å². The molecule has 2 rings (SSSR count). The van der Waals surface area contributed by atoms with Crippen molar-refractivity contribution in [1.29, 1.82) is 0 Å². The molecule has 2 N–H and O–H groups in total. The lowest BCUT2D eigenvalue weighted by Gasteiger charge is -2.22. The monoisotopic (exact) mass is 303 g/mol. The van der Waals surface area contributed by atoms with Crippen molar-refractivity contribution in [1.82, 2.24) is 10.2 Å². The zero-order valence-electron chi connectivity index (χ0n) is 13.4. The second kappa shape index (κ2) is 7.94. The first kappa shape index (κ1) is 16.5. The van der Waals surface area contributed by atoms with Crippen LogP contribution in [0.4, 0.5) is 5.69 Å². The molecule has 1 aliphatic heterocycles. The van der Waals surface area contributed by atoms with Gasteiger partial charge in [-0.05, 0) is 50.0 Å². The van der Waals surface area contributed by atoms with Crippen molar-refractivity contribution in [3.05, 3.63) is 29.8 Å². The number of carbonyl (C=O) groups excluding carboxylic acids is 2. The number of anilines is 1. The average Bonchev–Trinajstić information content (AvgIpc) is 3.00. The van der Waals surface area contributed by atoms with Gasteiger partial charge in [0.2, 0.25) is 0 Å². The molecular formula is C17H25N3O2.